The second-order valence-electron chi connectivity index (χ2n) is 5.78. The van der Waals surface area contributed by atoms with E-state index in [2.05, 4.69) is 9.71 Å². The fraction of sp³-hybridized carbons (Fsp3) is 0.615. The van der Waals surface area contributed by atoms with Crippen LogP contribution >= 0.6 is 0 Å². The maximum absolute atomic E-state index is 12.3. The topological polar surface area (TPSA) is 96.4 Å². The first-order valence-corrected chi connectivity index (χ1v) is 10.3. The molecule has 2 fully saturated rings. The van der Waals surface area contributed by atoms with E-state index >= 15 is 0 Å². The number of pyridine rings is 1. The molecule has 1 N–H and O–H groups in total. The molecule has 2 aliphatic rings. The predicted molar refractivity (Wildman–Crippen MR) is 81.1 cm³/mol. The molecule has 22 heavy (non-hydrogen) atoms. The summed E-state index contributed by atoms with van der Waals surface area (Å²) in [5.41, 5.74) is 0. The minimum atomic E-state index is -3.64. The van der Waals surface area contributed by atoms with Gasteiger partial charge in [0.2, 0.25) is 20.0 Å². The molecular weight excluding hydrogens is 326 g/mol. The summed E-state index contributed by atoms with van der Waals surface area (Å²) < 4.78 is 53.0. The van der Waals surface area contributed by atoms with Crippen LogP contribution in [0.3, 0.4) is 0 Å². The zero-order valence-corrected chi connectivity index (χ0v) is 13.7. The van der Waals surface area contributed by atoms with Crippen LogP contribution in [0.4, 0.5) is 0 Å². The minimum absolute atomic E-state index is 0.000713. The summed E-state index contributed by atoms with van der Waals surface area (Å²) in [4.78, 5) is 3.88. The summed E-state index contributed by atoms with van der Waals surface area (Å²) in [6.45, 7) is -0.00143. The van der Waals surface area contributed by atoms with Crippen LogP contribution in [0.15, 0.2) is 29.4 Å². The van der Waals surface area contributed by atoms with Crippen LogP contribution < -0.4 is 4.72 Å². The van der Waals surface area contributed by atoms with Crippen LogP contribution in [0.5, 0.6) is 0 Å². The maximum atomic E-state index is 12.3. The number of hydrogen-bond donors (Lipinski definition) is 1. The molecule has 122 valence electrons. The number of nitrogens with zero attached hydrogens (tertiary/aromatic N) is 2. The van der Waals surface area contributed by atoms with Crippen molar-refractivity contribution in [2.24, 2.45) is 0 Å². The SMILES string of the molecule is O=S(=O)(NC1CCCC1)C1CN(S(=O)(=O)c2cccnc2)C1. The van der Waals surface area contributed by atoms with Gasteiger partial charge in [0.05, 0.1) is 0 Å². The summed E-state index contributed by atoms with van der Waals surface area (Å²) in [5, 5.41) is -0.667. The summed E-state index contributed by atoms with van der Waals surface area (Å²) in [6.07, 6.45) is 6.58. The van der Waals surface area contributed by atoms with Crippen LogP contribution in [0.25, 0.3) is 0 Å². The Balaban J connectivity index is 1.64. The van der Waals surface area contributed by atoms with Crippen molar-refractivity contribution in [1.29, 1.82) is 0 Å². The van der Waals surface area contributed by atoms with Crippen molar-refractivity contribution in [3.8, 4) is 0 Å². The van der Waals surface area contributed by atoms with Gasteiger partial charge in [-0.05, 0) is 25.0 Å². The monoisotopic (exact) mass is 345 g/mol. The van der Waals surface area contributed by atoms with Gasteiger partial charge in [0, 0.05) is 31.5 Å². The van der Waals surface area contributed by atoms with E-state index in [1.807, 2.05) is 0 Å². The first kappa shape index (κ1) is 15.9. The normalized spacial score (nSPS) is 21.8. The summed E-state index contributed by atoms with van der Waals surface area (Å²) >= 11 is 0. The van der Waals surface area contributed by atoms with E-state index in [0.717, 1.165) is 25.7 Å². The summed E-state index contributed by atoms with van der Waals surface area (Å²) in [7, 11) is -7.10. The molecule has 1 aliphatic heterocycles. The Morgan fingerprint density at radius 2 is 1.82 bits per heavy atom. The zero-order chi connectivity index (χ0) is 15.8. The van der Waals surface area contributed by atoms with Crippen molar-refractivity contribution in [2.75, 3.05) is 13.1 Å². The number of nitrogens with one attached hydrogen (secondary N) is 1. The van der Waals surface area contributed by atoms with Crippen molar-refractivity contribution in [2.45, 2.75) is 41.9 Å². The number of rotatable bonds is 5. The van der Waals surface area contributed by atoms with Crippen LogP contribution in [-0.2, 0) is 20.0 Å². The molecule has 2 heterocycles. The molecule has 0 atom stereocenters. The molecule has 0 spiro atoms. The Kier molecular flexibility index (Phi) is 4.23. The Morgan fingerprint density at radius 3 is 2.41 bits per heavy atom. The highest BCUT2D eigenvalue weighted by Gasteiger charge is 2.44. The second-order valence-corrected chi connectivity index (χ2v) is 9.71. The van der Waals surface area contributed by atoms with Crippen molar-refractivity contribution in [1.82, 2.24) is 14.0 Å². The largest absolute Gasteiger partial charge is 0.263 e. The van der Waals surface area contributed by atoms with E-state index in [0.29, 0.717) is 0 Å². The van der Waals surface area contributed by atoms with Gasteiger partial charge in [-0.1, -0.05) is 12.8 Å². The van der Waals surface area contributed by atoms with E-state index < -0.39 is 25.3 Å². The minimum Gasteiger partial charge on any atom is -0.263 e. The average molecular weight is 345 g/mol. The predicted octanol–water partition coefficient (Wildman–Crippen LogP) is 0.316. The van der Waals surface area contributed by atoms with E-state index in [9.17, 15) is 16.8 Å². The lowest BCUT2D eigenvalue weighted by Crippen LogP contribution is -2.59. The van der Waals surface area contributed by atoms with Gasteiger partial charge in [-0.3, -0.25) is 4.98 Å². The Labute approximate surface area is 130 Å². The molecule has 0 unspecified atom stereocenters. The van der Waals surface area contributed by atoms with E-state index in [-0.39, 0.29) is 24.0 Å². The zero-order valence-electron chi connectivity index (χ0n) is 12.1. The van der Waals surface area contributed by atoms with Gasteiger partial charge < -0.3 is 0 Å². The fourth-order valence-electron chi connectivity index (χ4n) is 2.81. The smallest absolute Gasteiger partial charge is 0.244 e. The van der Waals surface area contributed by atoms with Crippen LogP contribution in [0.1, 0.15) is 25.7 Å². The summed E-state index contributed by atoms with van der Waals surface area (Å²) in [6, 6.07) is 3.01. The van der Waals surface area contributed by atoms with Crippen LogP contribution in [-0.4, -0.2) is 50.5 Å². The third-order valence-electron chi connectivity index (χ3n) is 4.21. The molecule has 0 radical (unpaired) electrons. The van der Waals surface area contributed by atoms with Crippen molar-refractivity contribution >= 4 is 20.0 Å². The van der Waals surface area contributed by atoms with E-state index in [4.69, 9.17) is 0 Å². The molecule has 1 saturated carbocycles. The molecular formula is C13H19N3O4S2. The van der Waals surface area contributed by atoms with Crippen molar-refractivity contribution in [3.63, 3.8) is 0 Å². The molecule has 0 aromatic carbocycles. The van der Waals surface area contributed by atoms with E-state index in [1.165, 1.54) is 22.8 Å². The lowest BCUT2D eigenvalue weighted by atomic mass is 10.3. The Morgan fingerprint density at radius 1 is 1.14 bits per heavy atom. The first-order chi connectivity index (χ1) is 10.4. The molecule has 3 rings (SSSR count). The van der Waals surface area contributed by atoms with Crippen molar-refractivity contribution in [3.05, 3.63) is 24.5 Å². The van der Waals surface area contributed by atoms with Gasteiger partial charge in [0.15, 0.2) is 0 Å². The van der Waals surface area contributed by atoms with Crippen LogP contribution in [0.2, 0.25) is 0 Å². The second kappa shape index (κ2) is 5.88. The van der Waals surface area contributed by atoms with Gasteiger partial charge >= 0.3 is 0 Å². The Bertz CT molecular complexity index is 722. The lowest BCUT2D eigenvalue weighted by Gasteiger charge is -2.37. The molecule has 9 heteroatoms. The van der Waals surface area contributed by atoms with E-state index in [1.54, 1.807) is 6.07 Å². The molecule has 7 nitrogen and oxygen atoms in total. The Hall–Kier alpha value is -1.03. The fourth-order valence-corrected chi connectivity index (χ4v) is 6.14. The average Bonchev–Trinajstić information content (AvgIpc) is 2.89. The van der Waals surface area contributed by atoms with Crippen LogP contribution in [0, 0.1) is 0 Å². The third kappa shape index (κ3) is 3.03. The maximum Gasteiger partial charge on any atom is 0.244 e. The molecule has 0 amide bonds. The highest BCUT2D eigenvalue weighted by Crippen LogP contribution is 2.26. The first-order valence-electron chi connectivity index (χ1n) is 7.31. The van der Waals surface area contributed by atoms with Gasteiger partial charge in [-0.25, -0.2) is 21.6 Å². The molecule has 1 aromatic heterocycles. The quantitative estimate of drug-likeness (QED) is 0.829. The van der Waals surface area contributed by atoms with Crippen molar-refractivity contribution < 1.29 is 16.8 Å². The molecule has 1 aromatic rings. The lowest BCUT2D eigenvalue weighted by molar-refractivity contribution is 0.307. The standard InChI is InChI=1S/C13H19N3O4S2/c17-21(18,15-11-4-1-2-5-11)13-9-16(10-13)22(19,20)12-6-3-7-14-8-12/h3,6-8,11,13,15H,1-2,4-5,9-10H2. The third-order valence-corrected chi connectivity index (χ3v) is 7.86. The number of sulfonamides is 2. The van der Waals surface area contributed by atoms with Gasteiger partial charge in [0.25, 0.3) is 0 Å². The van der Waals surface area contributed by atoms with Gasteiger partial charge in [-0.15, -0.1) is 0 Å². The highest BCUT2D eigenvalue weighted by atomic mass is 32.2. The van der Waals surface area contributed by atoms with Gasteiger partial charge in [-0.2, -0.15) is 4.31 Å². The summed E-state index contributed by atoms with van der Waals surface area (Å²) in [5.74, 6) is 0. The number of aromatic nitrogens is 1. The molecule has 1 saturated heterocycles. The highest BCUT2D eigenvalue weighted by molar-refractivity contribution is 7.91. The molecule has 1 aliphatic carbocycles. The number of hydrogen-bond acceptors (Lipinski definition) is 5. The van der Waals surface area contributed by atoms with Gasteiger partial charge in [0.1, 0.15) is 10.1 Å². The molecule has 0 bridgehead atoms.